The zero-order valence-corrected chi connectivity index (χ0v) is 15.7. The van der Waals surface area contributed by atoms with Gasteiger partial charge in [0.15, 0.2) is 0 Å². The Morgan fingerprint density at radius 3 is 2.67 bits per heavy atom. The first-order valence-corrected chi connectivity index (χ1v) is 8.90. The number of nitrogens with one attached hydrogen (secondary N) is 2. The van der Waals surface area contributed by atoms with E-state index < -0.39 is 11.7 Å². The zero-order chi connectivity index (χ0) is 21.1. The lowest BCUT2D eigenvalue weighted by Gasteiger charge is -2.09. The number of hydrogen-bond donors (Lipinski definition) is 2. The number of halogens is 3. The fourth-order valence-corrected chi connectivity index (χ4v) is 2.95. The predicted octanol–water partition coefficient (Wildman–Crippen LogP) is 5.30. The Morgan fingerprint density at radius 1 is 1.03 bits per heavy atom. The summed E-state index contributed by atoms with van der Waals surface area (Å²) in [6.45, 7) is 0. The van der Waals surface area contributed by atoms with Crippen LogP contribution in [0, 0.1) is 0 Å². The number of ether oxygens (including phenoxy) is 1. The molecular formula is C21H16F3N5O. The first-order valence-electron chi connectivity index (χ1n) is 8.90. The second-order valence-electron chi connectivity index (χ2n) is 6.35. The molecule has 0 spiro atoms. The molecule has 0 aliphatic heterocycles. The molecule has 9 heteroatoms. The number of alkyl halides is 3. The number of hydrogen-bond acceptors (Lipinski definition) is 5. The van der Waals surface area contributed by atoms with E-state index in [1.54, 1.807) is 37.7 Å². The van der Waals surface area contributed by atoms with E-state index in [1.165, 1.54) is 6.07 Å². The summed E-state index contributed by atoms with van der Waals surface area (Å²) in [6, 6.07) is 14.0. The van der Waals surface area contributed by atoms with Gasteiger partial charge in [0.25, 0.3) is 0 Å². The van der Waals surface area contributed by atoms with E-state index in [2.05, 4.69) is 25.5 Å². The van der Waals surface area contributed by atoms with Crippen LogP contribution in [0.15, 0.2) is 67.0 Å². The summed E-state index contributed by atoms with van der Waals surface area (Å²) in [7, 11) is 1.57. The van der Waals surface area contributed by atoms with Gasteiger partial charge in [0, 0.05) is 35.3 Å². The third-order valence-corrected chi connectivity index (χ3v) is 4.36. The summed E-state index contributed by atoms with van der Waals surface area (Å²) in [4.78, 5) is 8.68. The van der Waals surface area contributed by atoms with Crippen LogP contribution in [-0.2, 0) is 6.18 Å². The van der Waals surface area contributed by atoms with Gasteiger partial charge in [0.1, 0.15) is 11.4 Å². The fourth-order valence-electron chi connectivity index (χ4n) is 2.95. The van der Waals surface area contributed by atoms with Crippen molar-refractivity contribution in [2.75, 3.05) is 12.4 Å². The lowest BCUT2D eigenvalue weighted by Crippen LogP contribution is -2.04. The first kappa shape index (κ1) is 19.4. The highest BCUT2D eigenvalue weighted by atomic mass is 19.4. The summed E-state index contributed by atoms with van der Waals surface area (Å²) in [5.41, 5.74) is 1.77. The summed E-state index contributed by atoms with van der Waals surface area (Å²) in [6.07, 6.45) is -1.28. The maximum absolute atomic E-state index is 13.1. The smallest absolute Gasteiger partial charge is 0.416 e. The molecular weight excluding hydrogens is 395 g/mol. The van der Waals surface area contributed by atoms with Crippen LogP contribution in [0.2, 0.25) is 0 Å². The summed E-state index contributed by atoms with van der Waals surface area (Å²) >= 11 is 0. The standard InChI is InChI=1S/C21H16F3N5O/c1-30-16-7-3-6-15(11-16)27-20-25-9-8-18(28-20)17-12-26-29-19(17)13-4-2-5-14(10-13)21(22,23)24/h2-12H,1H3,(H,26,29)(H,25,27,28). The van der Waals surface area contributed by atoms with Crippen LogP contribution < -0.4 is 10.1 Å². The Labute approximate surface area is 169 Å². The molecule has 0 aliphatic carbocycles. The van der Waals surface area contributed by atoms with Crippen molar-refractivity contribution in [3.63, 3.8) is 0 Å². The second kappa shape index (κ2) is 7.86. The molecule has 0 radical (unpaired) electrons. The highest BCUT2D eigenvalue weighted by Gasteiger charge is 2.30. The van der Waals surface area contributed by atoms with Crippen molar-refractivity contribution < 1.29 is 17.9 Å². The van der Waals surface area contributed by atoms with Crippen LogP contribution >= 0.6 is 0 Å². The van der Waals surface area contributed by atoms with Gasteiger partial charge in [-0.25, -0.2) is 9.97 Å². The van der Waals surface area contributed by atoms with Gasteiger partial charge < -0.3 is 10.1 Å². The second-order valence-corrected chi connectivity index (χ2v) is 6.35. The lowest BCUT2D eigenvalue weighted by atomic mass is 10.0. The molecule has 0 bridgehead atoms. The number of benzene rings is 2. The number of aromatic nitrogens is 4. The number of anilines is 2. The number of nitrogens with zero attached hydrogens (tertiary/aromatic N) is 3. The third kappa shape index (κ3) is 4.09. The van der Waals surface area contributed by atoms with E-state index in [1.807, 2.05) is 18.2 Å². The van der Waals surface area contributed by atoms with Gasteiger partial charge >= 0.3 is 6.18 Å². The molecule has 0 saturated heterocycles. The molecule has 2 heterocycles. The molecule has 0 unspecified atom stereocenters. The molecule has 6 nitrogen and oxygen atoms in total. The van der Waals surface area contributed by atoms with Crippen LogP contribution in [0.1, 0.15) is 5.56 Å². The Kier molecular flexibility index (Phi) is 5.09. The van der Waals surface area contributed by atoms with E-state index in [9.17, 15) is 13.2 Å². The minimum atomic E-state index is -4.44. The molecule has 4 aromatic rings. The monoisotopic (exact) mass is 411 g/mol. The van der Waals surface area contributed by atoms with Crippen molar-refractivity contribution in [3.05, 3.63) is 72.6 Å². The normalized spacial score (nSPS) is 11.3. The molecule has 0 aliphatic rings. The van der Waals surface area contributed by atoms with E-state index >= 15 is 0 Å². The predicted molar refractivity (Wildman–Crippen MR) is 106 cm³/mol. The topological polar surface area (TPSA) is 75.7 Å². The Morgan fingerprint density at radius 2 is 1.87 bits per heavy atom. The van der Waals surface area contributed by atoms with Gasteiger partial charge in [-0.2, -0.15) is 18.3 Å². The van der Waals surface area contributed by atoms with Gasteiger partial charge in [-0.15, -0.1) is 0 Å². The van der Waals surface area contributed by atoms with Crippen molar-refractivity contribution >= 4 is 11.6 Å². The minimum absolute atomic E-state index is 0.331. The maximum Gasteiger partial charge on any atom is 0.416 e. The summed E-state index contributed by atoms with van der Waals surface area (Å²) in [5.74, 6) is 1.01. The number of methoxy groups -OCH3 is 1. The number of rotatable bonds is 5. The van der Waals surface area contributed by atoms with Gasteiger partial charge in [-0.1, -0.05) is 18.2 Å². The molecule has 30 heavy (non-hydrogen) atoms. The average molecular weight is 411 g/mol. The zero-order valence-electron chi connectivity index (χ0n) is 15.7. The largest absolute Gasteiger partial charge is 0.497 e. The van der Waals surface area contributed by atoms with Crippen LogP contribution in [0.5, 0.6) is 5.75 Å². The first-order chi connectivity index (χ1) is 14.4. The van der Waals surface area contributed by atoms with Crippen LogP contribution in [0.25, 0.3) is 22.5 Å². The average Bonchev–Trinajstić information content (AvgIpc) is 3.24. The molecule has 2 aromatic heterocycles. The molecule has 0 fully saturated rings. The van der Waals surface area contributed by atoms with Gasteiger partial charge in [0.05, 0.1) is 18.4 Å². The van der Waals surface area contributed by atoms with Crippen molar-refractivity contribution in [2.24, 2.45) is 0 Å². The van der Waals surface area contributed by atoms with Crippen molar-refractivity contribution in [2.45, 2.75) is 6.18 Å². The van der Waals surface area contributed by atoms with E-state index in [0.717, 1.165) is 17.8 Å². The Hall–Kier alpha value is -3.88. The number of aromatic amines is 1. The van der Waals surface area contributed by atoms with Crippen molar-refractivity contribution in [1.82, 2.24) is 20.2 Å². The third-order valence-electron chi connectivity index (χ3n) is 4.36. The van der Waals surface area contributed by atoms with E-state index in [-0.39, 0.29) is 0 Å². The van der Waals surface area contributed by atoms with Crippen LogP contribution in [0.3, 0.4) is 0 Å². The summed E-state index contributed by atoms with van der Waals surface area (Å²) in [5, 5.41) is 9.93. The Bertz CT molecular complexity index is 1170. The molecule has 0 amide bonds. The minimum Gasteiger partial charge on any atom is -0.497 e. The van der Waals surface area contributed by atoms with Gasteiger partial charge in [-0.05, 0) is 30.3 Å². The maximum atomic E-state index is 13.1. The van der Waals surface area contributed by atoms with Gasteiger partial charge in [0.2, 0.25) is 5.95 Å². The van der Waals surface area contributed by atoms with Crippen molar-refractivity contribution in [3.8, 4) is 28.3 Å². The highest BCUT2D eigenvalue weighted by molar-refractivity contribution is 5.79. The quantitative estimate of drug-likeness (QED) is 0.466. The molecule has 2 aromatic carbocycles. The molecule has 0 saturated carbocycles. The van der Waals surface area contributed by atoms with Crippen LogP contribution in [-0.4, -0.2) is 27.3 Å². The SMILES string of the molecule is COc1cccc(Nc2nccc(-c3c[nH]nc3-c3cccc(C(F)(F)F)c3)n2)c1. The molecule has 4 rings (SSSR count). The molecule has 152 valence electrons. The van der Waals surface area contributed by atoms with E-state index in [4.69, 9.17) is 4.74 Å². The lowest BCUT2D eigenvalue weighted by molar-refractivity contribution is -0.137. The molecule has 0 atom stereocenters. The van der Waals surface area contributed by atoms with Crippen molar-refractivity contribution in [1.29, 1.82) is 0 Å². The van der Waals surface area contributed by atoms with Crippen LogP contribution in [0.4, 0.5) is 24.8 Å². The molecule has 2 N–H and O–H groups in total. The number of H-pyrrole nitrogens is 1. The summed E-state index contributed by atoms with van der Waals surface area (Å²) < 4.78 is 44.4. The Balaban J connectivity index is 1.67. The van der Waals surface area contributed by atoms with Gasteiger partial charge in [-0.3, -0.25) is 5.10 Å². The highest BCUT2D eigenvalue weighted by Crippen LogP contribution is 2.34. The fraction of sp³-hybridized carbons (Fsp3) is 0.0952. The van der Waals surface area contributed by atoms with E-state index in [0.29, 0.717) is 34.2 Å².